The third-order valence-corrected chi connectivity index (χ3v) is 4.92. The van der Waals surface area contributed by atoms with E-state index in [-0.39, 0.29) is 0 Å². The number of rotatable bonds is 4. The van der Waals surface area contributed by atoms with E-state index in [9.17, 15) is 0 Å². The smallest absolute Gasteiger partial charge is 0.172 e. The molecular formula is C7H14O4P2. The lowest BCUT2D eigenvalue weighted by molar-refractivity contribution is 0.115. The Hall–Kier alpha value is 0.700. The Balaban J connectivity index is 1.52. The number of hydrogen-bond donors (Lipinski definition) is 0. The maximum Gasteiger partial charge on any atom is 0.172 e. The van der Waals surface area contributed by atoms with Crippen LogP contribution in [-0.2, 0) is 18.1 Å². The maximum atomic E-state index is 5.42. The summed E-state index contributed by atoms with van der Waals surface area (Å²) >= 11 is 0. The topological polar surface area (TPSA) is 36.9 Å². The van der Waals surface area contributed by atoms with Crippen molar-refractivity contribution in [3.63, 3.8) is 0 Å². The average molecular weight is 224 g/mol. The van der Waals surface area contributed by atoms with Gasteiger partial charge in [0.25, 0.3) is 0 Å². The van der Waals surface area contributed by atoms with Gasteiger partial charge in [-0.3, -0.25) is 0 Å². The largest absolute Gasteiger partial charge is 0.334 e. The molecule has 6 heteroatoms. The van der Waals surface area contributed by atoms with Gasteiger partial charge in [-0.2, -0.15) is 0 Å². The Morgan fingerprint density at radius 3 is 1.85 bits per heavy atom. The molecule has 0 bridgehead atoms. The van der Waals surface area contributed by atoms with Crippen LogP contribution in [-0.4, -0.2) is 32.3 Å². The normalized spacial score (nSPS) is 34.2. The molecule has 2 aliphatic heterocycles. The summed E-state index contributed by atoms with van der Waals surface area (Å²) in [5.41, 5.74) is 0. The highest BCUT2D eigenvalue weighted by Gasteiger charge is 2.20. The summed E-state index contributed by atoms with van der Waals surface area (Å²) in [5, 5.41) is 0. The zero-order chi connectivity index (χ0) is 8.93. The molecule has 0 spiro atoms. The molecule has 2 heterocycles. The SMILES string of the molecule is C1COP(OCOP2CCCO2)C1. The molecule has 13 heavy (non-hydrogen) atoms. The monoisotopic (exact) mass is 224 g/mol. The number of hydrogen-bond acceptors (Lipinski definition) is 4. The molecular weight excluding hydrogens is 210 g/mol. The minimum Gasteiger partial charge on any atom is -0.334 e. The molecule has 2 aliphatic rings. The van der Waals surface area contributed by atoms with E-state index in [0.717, 1.165) is 38.4 Å². The van der Waals surface area contributed by atoms with Gasteiger partial charge in [-0.15, -0.1) is 0 Å². The van der Waals surface area contributed by atoms with Crippen LogP contribution in [0.4, 0.5) is 0 Å². The van der Waals surface area contributed by atoms with E-state index in [0.29, 0.717) is 6.79 Å². The van der Waals surface area contributed by atoms with Crippen LogP contribution in [0.1, 0.15) is 12.8 Å². The summed E-state index contributed by atoms with van der Waals surface area (Å²) in [6.45, 7) is 2.03. The maximum absolute atomic E-state index is 5.42. The minimum absolute atomic E-state index is 0.345. The molecule has 0 aromatic heterocycles. The van der Waals surface area contributed by atoms with Crippen molar-refractivity contribution in [1.29, 1.82) is 0 Å². The van der Waals surface area contributed by atoms with Gasteiger partial charge in [0.2, 0.25) is 0 Å². The van der Waals surface area contributed by atoms with E-state index in [1.54, 1.807) is 0 Å². The van der Waals surface area contributed by atoms with Crippen molar-refractivity contribution in [2.24, 2.45) is 0 Å². The zero-order valence-electron chi connectivity index (χ0n) is 7.48. The van der Waals surface area contributed by atoms with Crippen molar-refractivity contribution in [3.8, 4) is 0 Å². The van der Waals surface area contributed by atoms with E-state index >= 15 is 0 Å². The van der Waals surface area contributed by atoms with Gasteiger partial charge in [-0.05, 0) is 12.8 Å². The summed E-state index contributed by atoms with van der Waals surface area (Å²) in [6, 6.07) is 0. The van der Waals surface area contributed by atoms with E-state index in [1.807, 2.05) is 0 Å². The quantitative estimate of drug-likeness (QED) is 0.542. The van der Waals surface area contributed by atoms with Crippen LogP contribution in [0.15, 0.2) is 0 Å². The van der Waals surface area contributed by atoms with Crippen molar-refractivity contribution in [2.45, 2.75) is 12.8 Å². The van der Waals surface area contributed by atoms with E-state index in [1.165, 1.54) is 0 Å². The summed E-state index contributed by atoms with van der Waals surface area (Å²) in [6.07, 6.45) is 4.35. The van der Waals surface area contributed by atoms with Crippen molar-refractivity contribution in [1.82, 2.24) is 0 Å². The summed E-state index contributed by atoms with van der Waals surface area (Å²) in [5.74, 6) is 0. The van der Waals surface area contributed by atoms with Gasteiger partial charge in [0.1, 0.15) is 0 Å². The Kier molecular flexibility index (Phi) is 4.36. The first-order chi connectivity index (χ1) is 6.45. The molecule has 2 saturated heterocycles. The summed E-state index contributed by atoms with van der Waals surface area (Å²) in [7, 11) is -1.27. The molecule has 4 nitrogen and oxygen atoms in total. The van der Waals surface area contributed by atoms with Gasteiger partial charge >= 0.3 is 0 Å². The van der Waals surface area contributed by atoms with Crippen LogP contribution in [0.2, 0.25) is 0 Å². The second kappa shape index (κ2) is 5.55. The summed E-state index contributed by atoms with van der Waals surface area (Å²) < 4.78 is 21.5. The predicted molar refractivity (Wildman–Crippen MR) is 51.7 cm³/mol. The van der Waals surface area contributed by atoms with Gasteiger partial charge in [-0.25, -0.2) is 0 Å². The van der Waals surface area contributed by atoms with Crippen molar-refractivity contribution >= 4 is 16.8 Å². The van der Waals surface area contributed by atoms with Crippen LogP contribution < -0.4 is 0 Å². The van der Waals surface area contributed by atoms with Crippen LogP contribution in [0.25, 0.3) is 0 Å². The van der Waals surface area contributed by atoms with Crippen molar-refractivity contribution < 1.29 is 18.1 Å². The van der Waals surface area contributed by atoms with Crippen LogP contribution >= 0.6 is 16.8 Å². The van der Waals surface area contributed by atoms with Gasteiger partial charge in [0.05, 0.1) is 13.2 Å². The average Bonchev–Trinajstić information content (AvgIpc) is 2.75. The first kappa shape index (κ1) is 10.2. The summed E-state index contributed by atoms with van der Waals surface area (Å²) in [4.78, 5) is 0. The Morgan fingerprint density at radius 2 is 1.46 bits per heavy atom. The highest BCUT2D eigenvalue weighted by Crippen LogP contribution is 2.47. The highest BCUT2D eigenvalue weighted by atomic mass is 31.2. The van der Waals surface area contributed by atoms with Crippen molar-refractivity contribution in [2.75, 3.05) is 32.3 Å². The van der Waals surface area contributed by atoms with E-state index in [2.05, 4.69) is 0 Å². The first-order valence-electron chi connectivity index (χ1n) is 4.52. The minimum atomic E-state index is -0.636. The highest BCUT2D eigenvalue weighted by molar-refractivity contribution is 7.48. The lowest BCUT2D eigenvalue weighted by atomic mass is 10.5. The first-order valence-corrected chi connectivity index (χ1v) is 7.24. The molecule has 0 aromatic rings. The lowest BCUT2D eigenvalue weighted by Gasteiger charge is -2.12. The molecule has 2 unspecified atom stereocenters. The molecule has 2 rings (SSSR count). The fourth-order valence-electron chi connectivity index (χ4n) is 1.19. The second-order valence-electron chi connectivity index (χ2n) is 2.86. The molecule has 0 aromatic carbocycles. The predicted octanol–water partition coefficient (Wildman–Crippen LogP) is 2.44. The Morgan fingerprint density at radius 1 is 0.923 bits per heavy atom. The Labute approximate surface area is 80.7 Å². The van der Waals surface area contributed by atoms with Crippen LogP contribution in [0.5, 0.6) is 0 Å². The van der Waals surface area contributed by atoms with Crippen LogP contribution in [0.3, 0.4) is 0 Å². The molecule has 0 saturated carbocycles. The fourth-order valence-corrected chi connectivity index (χ4v) is 3.72. The molecule has 2 atom stereocenters. The molecule has 0 amide bonds. The van der Waals surface area contributed by atoms with Gasteiger partial charge in [-0.1, -0.05) is 0 Å². The van der Waals surface area contributed by atoms with Gasteiger partial charge in [0.15, 0.2) is 23.5 Å². The second-order valence-corrected chi connectivity index (χ2v) is 6.12. The van der Waals surface area contributed by atoms with E-state index < -0.39 is 16.8 Å². The molecule has 0 aliphatic carbocycles. The van der Waals surface area contributed by atoms with E-state index in [4.69, 9.17) is 18.1 Å². The zero-order valence-corrected chi connectivity index (χ0v) is 9.27. The standard InChI is InChI=1S/C7H14O4P2/c1-3-8-12(5-1)10-7-11-13-6-2-4-9-13/h1-7H2. The molecule has 2 fully saturated rings. The molecule has 0 radical (unpaired) electrons. The molecule has 0 N–H and O–H groups in total. The third kappa shape index (κ3) is 3.39. The van der Waals surface area contributed by atoms with Gasteiger partial charge in [0, 0.05) is 12.3 Å². The third-order valence-electron chi connectivity index (χ3n) is 1.83. The Bertz CT molecular complexity index is 129. The lowest BCUT2D eigenvalue weighted by Crippen LogP contribution is -1.93. The van der Waals surface area contributed by atoms with Crippen molar-refractivity contribution in [3.05, 3.63) is 0 Å². The molecule has 76 valence electrons. The van der Waals surface area contributed by atoms with Gasteiger partial charge < -0.3 is 18.1 Å². The van der Waals surface area contributed by atoms with Crippen LogP contribution in [0, 0.1) is 0 Å². The fraction of sp³-hybridized carbons (Fsp3) is 1.00.